The zero-order chi connectivity index (χ0) is 23.8. The van der Waals surface area contributed by atoms with Crippen LogP contribution in [0.5, 0.6) is 0 Å². The van der Waals surface area contributed by atoms with Gasteiger partial charge in [-0.3, -0.25) is 9.97 Å². The van der Waals surface area contributed by atoms with Gasteiger partial charge in [-0.1, -0.05) is 0 Å². The predicted octanol–water partition coefficient (Wildman–Crippen LogP) is 4.27. The number of pyridine rings is 3. The van der Waals surface area contributed by atoms with Crippen molar-refractivity contribution in [3.05, 3.63) is 73.2 Å². The summed E-state index contributed by atoms with van der Waals surface area (Å²) < 4.78 is 14.5. The number of hydrogen-bond donors (Lipinski definition) is 1. The number of hydrogen-bond acceptors (Lipinski definition) is 8. The van der Waals surface area contributed by atoms with Crippen LogP contribution in [0.15, 0.2) is 67.4 Å². The molecule has 0 spiro atoms. The molecule has 0 unspecified atom stereocenters. The van der Waals surface area contributed by atoms with Gasteiger partial charge >= 0.3 is 0 Å². The Labute approximate surface area is 201 Å². The smallest absolute Gasteiger partial charge is 0.227 e. The van der Waals surface area contributed by atoms with Gasteiger partial charge < -0.3 is 15.1 Å². The van der Waals surface area contributed by atoms with E-state index in [0.717, 1.165) is 42.6 Å². The molecule has 0 amide bonds. The molecule has 5 heterocycles. The number of anilines is 3. The van der Waals surface area contributed by atoms with Gasteiger partial charge in [0.05, 0.1) is 17.5 Å². The summed E-state index contributed by atoms with van der Waals surface area (Å²) in [4.78, 5) is 26.9. The minimum Gasteiger partial charge on any atom is -0.369 e. The second kappa shape index (κ2) is 8.84. The molecule has 0 radical (unpaired) electrons. The Morgan fingerprint density at radius 3 is 2.40 bits per heavy atom. The first kappa shape index (κ1) is 21.3. The van der Waals surface area contributed by atoms with Crippen LogP contribution < -0.4 is 10.2 Å². The van der Waals surface area contributed by atoms with Gasteiger partial charge in [0.2, 0.25) is 5.95 Å². The lowest BCUT2D eigenvalue weighted by Crippen LogP contribution is -2.44. The Morgan fingerprint density at radius 1 is 0.829 bits per heavy atom. The molecule has 35 heavy (non-hydrogen) atoms. The van der Waals surface area contributed by atoms with E-state index in [1.54, 1.807) is 18.6 Å². The largest absolute Gasteiger partial charge is 0.369 e. The summed E-state index contributed by atoms with van der Waals surface area (Å²) in [5.41, 5.74) is 4.12. The molecule has 1 aliphatic heterocycles. The molecule has 1 aliphatic rings. The summed E-state index contributed by atoms with van der Waals surface area (Å²) in [7, 11) is 2.15. The van der Waals surface area contributed by atoms with Crippen LogP contribution in [0.3, 0.4) is 0 Å². The van der Waals surface area contributed by atoms with Crippen molar-refractivity contribution in [2.24, 2.45) is 0 Å². The fourth-order valence-corrected chi connectivity index (χ4v) is 4.39. The van der Waals surface area contributed by atoms with Crippen LogP contribution in [-0.2, 0) is 0 Å². The van der Waals surface area contributed by atoms with E-state index in [9.17, 15) is 4.39 Å². The molecule has 6 rings (SSSR count). The number of likely N-dealkylation sites (N-methyl/N-ethyl adjacent to an activating group) is 1. The van der Waals surface area contributed by atoms with Crippen LogP contribution in [-0.4, -0.2) is 63.0 Å². The lowest BCUT2D eigenvalue weighted by atomic mass is 10.1. The molecule has 0 saturated carbocycles. The number of fused-ring (bicyclic) bond motifs is 3. The molecule has 5 aromatic rings. The summed E-state index contributed by atoms with van der Waals surface area (Å²) in [6.07, 6.45) is 7.93. The zero-order valence-electron chi connectivity index (χ0n) is 19.2. The Kier molecular flexibility index (Phi) is 5.38. The standard InChI is InChI=1S/C26H23FN8/c1-34-10-12-35(13-11-34)18-4-2-17(3-5-18)31-26-30-16-23-25(33-26)20-14-28-8-6-19(20)24(32-23)21-15-29-9-7-22(21)27/h2-9,14-16H,10-13H2,1H3,(H,30,31,33). The topological polar surface area (TPSA) is 83.0 Å². The molecule has 0 aliphatic carbocycles. The van der Waals surface area contributed by atoms with Gasteiger partial charge in [-0.15, -0.1) is 0 Å². The van der Waals surface area contributed by atoms with Crippen molar-refractivity contribution in [3.63, 3.8) is 0 Å². The van der Waals surface area contributed by atoms with E-state index in [0.29, 0.717) is 28.2 Å². The average molecular weight is 467 g/mol. The number of nitrogens with zero attached hydrogens (tertiary/aromatic N) is 7. The summed E-state index contributed by atoms with van der Waals surface area (Å²) in [6.45, 7) is 4.18. The second-order valence-electron chi connectivity index (χ2n) is 8.63. The number of benzene rings is 1. The quantitative estimate of drug-likeness (QED) is 0.393. The van der Waals surface area contributed by atoms with Gasteiger partial charge in [0.1, 0.15) is 16.9 Å². The Bertz CT molecular complexity index is 1510. The highest BCUT2D eigenvalue weighted by Gasteiger charge is 2.16. The van der Waals surface area contributed by atoms with Gasteiger partial charge in [0.15, 0.2) is 0 Å². The Hall–Kier alpha value is -4.24. The van der Waals surface area contributed by atoms with Crippen molar-refractivity contribution in [1.82, 2.24) is 29.8 Å². The van der Waals surface area contributed by atoms with Crippen molar-refractivity contribution >= 4 is 39.1 Å². The number of piperazine rings is 1. The molecule has 8 nitrogen and oxygen atoms in total. The van der Waals surface area contributed by atoms with Gasteiger partial charge in [0.25, 0.3) is 0 Å². The van der Waals surface area contributed by atoms with E-state index in [4.69, 9.17) is 4.98 Å². The molecule has 9 heteroatoms. The Morgan fingerprint density at radius 2 is 1.60 bits per heavy atom. The van der Waals surface area contributed by atoms with Crippen molar-refractivity contribution in [2.75, 3.05) is 43.4 Å². The highest BCUT2D eigenvalue weighted by Crippen LogP contribution is 2.32. The van der Waals surface area contributed by atoms with E-state index in [1.165, 1.54) is 24.1 Å². The van der Waals surface area contributed by atoms with Gasteiger partial charge in [0, 0.05) is 73.1 Å². The van der Waals surface area contributed by atoms with E-state index in [-0.39, 0.29) is 5.82 Å². The molecule has 1 N–H and O–H groups in total. The van der Waals surface area contributed by atoms with Crippen molar-refractivity contribution in [3.8, 4) is 11.3 Å². The summed E-state index contributed by atoms with van der Waals surface area (Å²) in [5, 5.41) is 4.81. The third kappa shape index (κ3) is 4.10. The molecule has 1 saturated heterocycles. The highest BCUT2D eigenvalue weighted by atomic mass is 19.1. The van der Waals surface area contributed by atoms with Crippen LogP contribution >= 0.6 is 0 Å². The number of nitrogens with one attached hydrogen (secondary N) is 1. The molecule has 1 fully saturated rings. The van der Waals surface area contributed by atoms with Crippen LogP contribution in [0, 0.1) is 5.82 Å². The second-order valence-corrected chi connectivity index (χ2v) is 8.63. The number of aromatic nitrogens is 5. The van der Waals surface area contributed by atoms with Gasteiger partial charge in [-0.25, -0.2) is 19.3 Å². The molecular formula is C26H23FN8. The van der Waals surface area contributed by atoms with Gasteiger partial charge in [-0.2, -0.15) is 0 Å². The van der Waals surface area contributed by atoms with E-state index >= 15 is 0 Å². The van der Waals surface area contributed by atoms with Crippen molar-refractivity contribution in [2.45, 2.75) is 0 Å². The van der Waals surface area contributed by atoms with Gasteiger partial charge in [-0.05, 0) is 43.4 Å². The summed E-state index contributed by atoms with van der Waals surface area (Å²) in [6, 6.07) is 11.4. The minimum absolute atomic E-state index is 0.327. The summed E-state index contributed by atoms with van der Waals surface area (Å²) >= 11 is 0. The first-order valence-electron chi connectivity index (χ1n) is 11.5. The van der Waals surface area contributed by atoms with Crippen molar-refractivity contribution < 1.29 is 4.39 Å². The molecular weight excluding hydrogens is 443 g/mol. The van der Waals surface area contributed by atoms with Crippen LogP contribution in [0.2, 0.25) is 0 Å². The molecule has 1 aromatic carbocycles. The summed E-state index contributed by atoms with van der Waals surface area (Å²) in [5.74, 6) is 0.0706. The predicted molar refractivity (Wildman–Crippen MR) is 135 cm³/mol. The van der Waals surface area contributed by atoms with Crippen LogP contribution in [0.25, 0.3) is 33.1 Å². The lowest BCUT2D eigenvalue weighted by molar-refractivity contribution is 0.313. The zero-order valence-corrected chi connectivity index (χ0v) is 19.2. The fraction of sp³-hybridized carbons (Fsp3) is 0.192. The van der Waals surface area contributed by atoms with Crippen molar-refractivity contribution in [1.29, 1.82) is 0 Å². The number of halogens is 1. The molecule has 0 bridgehead atoms. The number of rotatable bonds is 4. The molecule has 0 atom stereocenters. The highest BCUT2D eigenvalue weighted by molar-refractivity contribution is 6.08. The SMILES string of the molecule is CN1CCN(c2ccc(Nc3ncc4nc(-c5cnccc5F)c5ccncc5c4n3)cc2)CC1. The minimum atomic E-state index is -0.385. The van der Waals surface area contributed by atoms with E-state index in [1.807, 2.05) is 18.2 Å². The fourth-order valence-electron chi connectivity index (χ4n) is 4.39. The first-order chi connectivity index (χ1) is 17.2. The van der Waals surface area contributed by atoms with E-state index in [2.05, 4.69) is 54.2 Å². The normalized spacial score (nSPS) is 14.5. The lowest BCUT2D eigenvalue weighted by Gasteiger charge is -2.34. The maximum Gasteiger partial charge on any atom is 0.227 e. The molecule has 4 aromatic heterocycles. The third-order valence-electron chi connectivity index (χ3n) is 6.35. The van der Waals surface area contributed by atoms with Crippen LogP contribution in [0.1, 0.15) is 0 Å². The van der Waals surface area contributed by atoms with Crippen LogP contribution in [0.4, 0.5) is 21.7 Å². The van der Waals surface area contributed by atoms with E-state index < -0.39 is 0 Å². The monoisotopic (exact) mass is 466 g/mol. The maximum absolute atomic E-state index is 14.5. The molecule has 174 valence electrons. The first-order valence-corrected chi connectivity index (χ1v) is 11.5. The third-order valence-corrected chi connectivity index (χ3v) is 6.35. The Balaban J connectivity index is 1.33. The average Bonchev–Trinajstić information content (AvgIpc) is 2.90. The maximum atomic E-state index is 14.5.